The fourth-order valence-electron chi connectivity index (χ4n) is 0.900. The van der Waals surface area contributed by atoms with E-state index < -0.39 is 0 Å². The van der Waals surface area contributed by atoms with Crippen molar-refractivity contribution in [3.8, 4) is 0 Å². The number of amides is 1. The number of benzene rings is 1. The second-order valence-electron chi connectivity index (χ2n) is 2.57. The van der Waals surface area contributed by atoms with Gasteiger partial charge in [-0.3, -0.25) is 4.79 Å². The van der Waals surface area contributed by atoms with Gasteiger partial charge in [-0.2, -0.15) is 0 Å². The summed E-state index contributed by atoms with van der Waals surface area (Å²) in [4.78, 5) is 11.5. The van der Waals surface area contributed by atoms with E-state index in [1.54, 1.807) is 12.1 Å². The summed E-state index contributed by atoms with van der Waals surface area (Å²) < 4.78 is 0.946. The number of nitrogens with one attached hydrogen (secondary N) is 1. The van der Waals surface area contributed by atoms with Crippen LogP contribution in [0.3, 0.4) is 0 Å². The SMILES string of the molecule is O=C(NCCBr)c1ccc(I)c(Cl)c1. The van der Waals surface area contributed by atoms with Gasteiger partial charge >= 0.3 is 0 Å². The molecule has 0 saturated carbocycles. The van der Waals surface area contributed by atoms with Crippen molar-refractivity contribution in [2.75, 3.05) is 11.9 Å². The van der Waals surface area contributed by atoms with E-state index in [1.807, 2.05) is 6.07 Å². The minimum Gasteiger partial charge on any atom is -0.351 e. The first-order valence-corrected chi connectivity index (χ1v) is 6.52. The maximum Gasteiger partial charge on any atom is 0.251 e. The van der Waals surface area contributed by atoms with Crippen LogP contribution in [0.1, 0.15) is 10.4 Å². The Morgan fingerprint density at radius 1 is 1.57 bits per heavy atom. The number of carbonyl (C=O) groups is 1. The quantitative estimate of drug-likeness (QED) is 0.626. The molecule has 0 atom stereocenters. The van der Waals surface area contributed by atoms with Crippen molar-refractivity contribution >= 4 is 56.0 Å². The van der Waals surface area contributed by atoms with E-state index in [2.05, 4.69) is 43.8 Å². The van der Waals surface area contributed by atoms with Crippen LogP contribution in [0.4, 0.5) is 0 Å². The highest BCUT2D eigenvalue weighted by Gasteiger charge is 2.06. The maximum atomic E-state index is 11.5. The van der Waals surface area contributed by atoms with Gasteiger partial charge in [-0.05, 0) is 40.8 Å². The number of halogens is 3. The molecule has 0 spiro atoms. The second-order valence-corrected chi connectivity index (χ2v) is 4.94. The summed E-state index contributed by atoms with van der Waals surface area (Å²) in [7, 11) is 0. The third-order valence-electron chi connectivity index (χ3n) is 1.56. The van der Waals surface area contributed by atoms with Crippen molar-refractivity contribution in [1.82, 2.24) is 5.32 Å². The zero-order valence-corrected chi connectivity index (χ0v) is 11.7. The summed E-state index contributed by atoms with van der Waals surface area (Å²) in [5, 5.41) is 4.10. The average Bonchev–Trinajstić information content (AvgIpc) is 2.18. The molecule has 0 unspecified atom stereocenters. The number of hydrogen-bond acceptors (Lipinski definition) is 1. The van der Waals surface area contributed by atoms with E-state index in [-0.39, 0.29) is 5.91 Å². The Bertz CT molecular complexity index is 346. The van der Waals surface area contributed by atoms with Crippen molar-refractivity contribution in [3.05, 3.63) is 32.4 Å². The van der Waals surface area contributed by atoms with Crippen LogP contribution >= 0.6 is 50.1 Å². The normalized spacial score (nSPS) is 9.93. The van der Waals surface area contributed by atoms with Crippen LogP contribution in [0.2, 0.25) is 5.02 Å². The summed E-state index contributed by atoms with van der Waals surface area (Å²) in [6, 6.07) is 5.26. The monoisotopic (exact) mass is 387 g/mol. The lowest BCUT2D eigenvalue weighted by molar-refractivity contribution is 0.0956. The highest BCUT2D eigenvalue weighted by atomic mass is 127. The Labute approximate surface area is 110 Å². The number of alkyl halides is 1. The molecule has 0 aliphatic heterocycles. The maximum absolute atomic E-state index is 11.5. The molecule has 0 heterocycles. The zero-order chi connectivity index (χ0) is 10.6. The lowest BCUT2D eigenvalue weighted by Crippen LogP contribution is -2.25. The molecule has 0 radical (unpaired) electrons. The van der Waals surface area contributed by atoms with Crippen LogP contribution < -0.4 is 5.32 Å². The number of hydrogen-bond donors (Lipinski definition) is 1. The van der Waals surface area contributed by atoms with Gasteiger partial charge in [0.15, 0.2) is 0 Å². The Hall–Kier alpha value is 0.190. The third-order valence-corrected chi connectivity index (χ3v) is 3.53. The minimum atomic E-state index is -0.0947. The van der Waals surface area contributed by atoms with Crippen molar-refractivity contribution in [2.24, 2.45) is 0 Å². The topological polar surface area (TPSA) is 29.1 Å². The highest BCUT2D eigenvalue weighted by Crippen LogP contribution is 2.19. The second kappa shape index (κ2) is 5.92. The van der Waals surface area contributed by atoms with E-state index in [1.165, 1.54) is 0 Å². The van der Waals surface area contributed by atoms with Gasteiger partial charge in [-0.1, -0.05) is 27.5 Å². The van der Waals surface area contributed by atoms with Crippen LogP contribution in [0.25, 0.3) is 0 Å². The van der Waals surface area contributed by atoms with Gasteiger partial charge in [0.1, 0.15) is 0 Å². The molecule has 1 aromatic rings. The van der Waals surface area contributed by atoms with Gasteiger partial charge < -0.3 is 5.32 Å². The highest BCUT2D eigenvalue weighted by molar-refractivity contribution is 14.1. The zero-order valence-electron chi connectivity index (χ0n) is 7.19. The molecule has 76 valence electrons. The first kappa shape index (κ1) is 12.3. The molecule has 5 heteroatoms. The number of rotatable bonds is 3. The third kappa shape index (κ3) is 3.40. The van der Waals surface area contributed by atoms with E-state index >= 15 is 0 Å². The summed E-state index contributed by atoms with van der Waals surface area (Å²) in [5.41, 5.74) is 0.594. The number of carbonyl (C=O) groups excluding carboxylic acids is 1. The van der Waals surface area contributed by atoms with Gasteiger partial charge in [-0.25, -0.2) is 0 Å². The van der Waals surface area contributed by atoms with Crippen molar-refractivity contribution in [3.63, 3.8) is 0 Å². The van der Waals surface area contributed by atoms with Crippen molar-refractivity contribution in [1.29, 1.82) is 0 Å². The molecule has 1 N–H and O–H groups in total. The van der Waals surface area contributed by atoms with Crippen molar-refractivity contribution in [2.45, 2.75) is 0 Å². The summed E-state index contributed by atoms with van der Waals surface area (Å²) in [6.07, 6.45) is 0. The largest absolute Gasteiger partial charge is 0.351 e. The van der Waals surface area contributed by atoms with E-state index in [0.717, 1.165) is 8.90 Å². The summed E-state index contributed by atoms with van der Waals surface area (Å²) >= 11 is 11.3. The summed E-state index contributed by atoms with van der Waals surface area (Å²) in [5.74, 6) is -0.0947. The van der Waals surface area contributed by atoms with Gasteiger partial charge in [0.05, 0.1) is 5.02 Å². The molecule has 1 amide bonds. The molecule has 0 aliphatic carbocycles. The lowest BCUT2D eigenvalue weighted by Gasteiger charge is -2.03. The Balaban J connectivity index is 2.76. The predicted octanol–water partition coefficient (Wildman–Crippen LogP) is 3.07. The molecule has 0 aromatic heterocycles. The molecule has 1 aromatic carbocycles. The van der Waals surface area contributed by atoms with Gasteiger partial charge in [-0.15, -0.1) is 0 Å². The van der Waals surface area contributed by atoms with Crippen LogP contribution in [0.5, 0.6) is 0 Å². The van der Waals surface area contributed by atoms with E-state index in [4.69, 9.17) is 11.6 Å². The van der Waals surface area contributed by atoms with Crippen LogP contribution in [-0.4, -0.2) is 17.8 Å². The molecule has 1 rings (SSSR count). The fourth-order valence-corrected chi connectivity index (χ4v) is 1.61. The van der Waals surface area contributed by atoms with Crippen LogP contribution in [0, 0.1) is 3.57 Å². The molecular weight excluding hydrogens is 380 g/mol. The molecule has 0 bridgehead atoms. The smallest absolute Gasteiger partial charge is 0.251 e. The van der Waals surface area contributed by atoms with E-state index in [9.17, 15) is 4.79 Å². The van der Waals surface area contributed by atoms with Crippen LogP contribution in [-0.2, 0) is 0 Å². The first-order chi connectivity index (χ1) is 6.65. The van der Waals surface area contributed by atoms with E-state index in [0.29, 0.717) is 17.1 Å². The Morgan fingerprint density at radius 2 is 2.29 bits per heavy atom. The Kier molecular flexibility index (Phi) is 5.19. The Morgan fingerprint density at radius 3 is 2.86 bits per heavy atom. The fraction of sp³-hybridized carbons (Fsp3) is 0.222. The molecule has 14 heavy (non-hydrogen) atoms. The predicted molar refractivity (Wildman–Crippen MR) is 70.3 cm³/mol. The summed E-state index contributed by atoms with van der Waals surface area (Å²) in [6.45, 7) is 0.614. The standard InChI is InChI=1S/C9H8BrClINO/c10-3-4-13-9(14)6-1-2-8(12)7(11)5-6/h1-2,5H,3-4H2,(H,13,14). The van der Waals surface area contributed by atoms with Gasteiger partial charge in [0, 0.05) is 21.0 Å². The van der Waals surface area contributed by atoms with Gasteiger partial charge in [0.2, 0.25) is 0 Å². The molecule has 0 fully saturated rings. The minimum absolute atomic E-state index is 0.0947. The molecule has 0 saturated heterocycles. The first-order valence-electron chi connectivity index (χ1n) is 3.94. The lowest BCUT2D eigenvalue weighted by atomic mass is 10.2. The van der Waals surface area contributed by atoms with Gasteiger partial charge in [0.25, 0.3) is 5.91 Å². The average molecular weight is 388 g/mol. The van der Waals surface area contributed by atoms with Crippen molar-refractivity contribution < 1.29 is 4.79 Å². The molecular formula is C9H8BrClINO. The molecule has 2 nitrogen and oxygen atoms in total. The molecule has 0 aliphatic rings. The van der Waals surface area contributed by atoms with Crippen LogP contribution in [0.15, 0.2) is 18.2 Å².